The van der Waals surface area contributed by atoms with Crippen molar-refractivity contribution < 1.29 is 9.53 Å². The third kappa shape index (κ3) is 8.45. The van der Waals surface area contributed by atoms with Crippen molar-refractivity contribution in [2.75, 3.05) is 20.2 Å². The van der Waals surface area contributed by atoms with Crippen molar-refractivity contribution in [3.8, 4) is 0 Å². The molecule has 0 aliphatic carbocycles. The van der Waals surface area contributed by atoms with Gasteiger partial charge >= 0.3 is 5.97 Å². The third-order valence-corrected chi connectivity index (χ3v) is 4.68. The number of esters is 1. The minimum absolute atomic E-state index is 0.125. The zero-order chi connectivity index (χ0) is 20.2. The lowest BCUT2D eigenvalue weighted by atomic mass is 10.1. The molecule has 7 nitrogen and oxygen atoms in total. The van der Waals surface area contributed by atoms with Gasteiger partial charge in [-0.25, -0.2) is 0 Å². The molecule has 0 bridgehead atoms. The number of carbonyl (C=O) groups excluding carboxylic acids is 1. The number of hydrogen-bond acceptors (Lipinski definition) is 4. The summed E-state index contributed by atoms with van der Waals surface area (Å²) in [6.45, 7) is 10.0. The first kappa shape index (κ1) is 23.0. The van der Waals surface area contributed by atoms with Crippen molar-refractivity contribution in [2.24, 2.45) is 12.0 Å². The number of unbranched alkanes of at least 4 members (excludes halogenated alkanes) is 3. The van der Waals surface area contributed by atoms with Gasteiger partial charge in [-0.3, -0.25) is 14.5 Å². The molecule has 1 aromatic heterocycles. The van der Waals surface area contributed by atoms with Crippen molar-refractivity contribution >= 4 is 11.9 Å². The monoisotopic (exact) mass is 379 g/mol. The quantitative estimate of drug-likeness (QED) is 0.267. The Morgan fingerprint density at radius 1 is 1.26 bits per heavy atom. The molecule has 1 atom stereocenters. The number of ether oxygens (including phenoxy) is 1. The number of aryl methyl sites for hydroxylation is 2. The summed E-state index contributed by atoms with van der Waals surface area (Å²) in [5.41, 5.74) is 3.62. The number of nitrogens with one attached hydrogen (secondary N) is 2. The van der Waals surface area contributed by atoms with Crippen LogP contribution >= 0.6 is 0 Å². The maximum absolute atomic E-state index is 11.1. The Hall–Kier alpha value is -2.05. The van der Waals surface area contributed by atoms with Gasteiger partial charge in [-0.15, -0.1) is 0 Å². The summed E-state index contributed by atoms with van der Waals surface area (Å²) >= 11 is 0. The molecule has 0 radical (unpaired) electrons. The van der Waals surface area contributed by atoms with Gasteiger partial charge in [0.1, 0.15) is 0 Å². The smallest absolute Gasteiger partial charge is 0.305 e. The van der Waals surface area contributed by atoms with E-state index >= 15 is 0 Å². The first-order chi connectivity index (χ1) is 12.9. The van der Waals surface area contributed by atoms with E-state index in [9.17, 15) is 4.79 Å². The molecule has 1 rings (SSSR count). The summed E-state index contributed by atoms with van der Waals surface area (Å²) in [5, 5.41) is 11.3. The first-order valence-electron chi connectivity index (χ1n) is 9.99. The van der Waals surface area contributed by atoms with Crippen LogP contribution in [0.5, 0.6) is 0 Å². The summed E-state index contributed by atoms with van der Waals surface area (Å²) in [6, 6.07) is 0.268. The van der Waals surface area contributed by atoms with Crippen LogP contribution in [-0.2, 0) is 23.0 Å². The van der Waals surface area contributed by atoms with E-state index in [1.165, 1.54) is 18.4 Å². The average Bonchev–Trinajstić information content (AvgIpc) is 2.86. The van der Waals surface area contributed by atoms with Gasteiger partial charge in [0.05, 0.1) is 12.8 Å². The van der Waals surface area contributed by atoms with E-state index in [-0.39, 0.29) is 12.0 Å². The van der Waals surface area contributed by atoms with Crippen LogP contribution in [0.1, 0.15) is 62.9 Å². The molecule has 2 N–H and O–H groups in total. The molecule has 0 fully saturated rings. The van der Waals surface area contributed by atoms with Crippen LogP contribution in [0.3, 0.4) is 0 Å². The highest BCUT2D eigenvalue weighted by molar-refractivity contribution is 5.80. The molecule has 1 unspecified atom stereocenters. The van der Waals surface area contributed by atoms with Crippen LogP contribution in [0.2, 0.25) is 0 Å². The zero-order valence-electron chi connectivity index (χ0n) is 17.9. The topological polar surface area (TPSA) is 80.5 Å². The Balaban J connectivity index is 2.40. The van der Waals surface area contributed by atoms with Crippen molar-refractivity contribution in [1.29, 1.82) is 0 Å². The Kier molecular flexibility index (Phi) is 10.5. The summed E-state index contributed by atoms with van der Waals surface area (Å²) in [4.78, 5) is 15.7. The van der Waals surface area contributed by atoms with Gasteiger partial charge in [0.2, 0.25) is 0 Å². The highest BCUT2D eigenvalue weighted by Gasteiger charge is 2.13. The van der Waals surface area contributed by atoms with Crippen LogP contribution in [0.4, 0.5) is 0 Å². The summed E-state index contributed by atoms with van der Waals surface area (Å²) in [5.74, 6) is 0.735. The van der Waals surface area contributed by atoms with E-state index in [4.69, 9.17) is 0 Å². The predicted molar refractivity (Wildman–Crippen MR) is 110 cm³/mol. The maximum Gasteiger partial charge on any atom is 0.305 e. The van der Waals surface area contributed by atoms with Crippen LogP contribution in [0, 0.1) is 13.8 Å². The molecule has 1 heterocycles. The molecule has 27 heavy (non-hydrogen) atoms. The van der Waals surface area contributed by atoms with E-state index in [0.717, 1.165) is 56.8 Å². The van der Waals surface area contributed by atoms with Crippen molar-refractivity contribution in [3.05, 3.63) is 17.0 Å². The minimum Gasteiger partial charge on any atom is -0.469 e. The summed E-state index contributed by atoms with van der Waals surface area (Å²) < 4.78 is 6.59. The molecule has 1 aromatic rings. The lowest BCUT2D eigenvalue weighted by Gasteiger charge is -2.18. The Bertz CT molecular complexity index is 610. The fraction of sp³-hybridized carbons (Fsp3) is 0.750. The van der Waals surface area contributed by atoms with Crippen LogP contribution < -0.4 is 10.6 Å². The Morgan fingerprint density at radius 3 is 2.56 bits per heavy atom. The Labute approximate surface area is 164 Å². The highest BCUT2D eigenvalue weighted by atomic mass is 16.5. The van der Waals surface area contributed by atoms with Gasteiger partial charge in [0.25, 0.3) is 0 Å². The van der Waals surface area contributed by atoms with E-state index in [2.05, 4.69) is 53.2 Å². The second-order valence-electron chi connectivity index (χ2n) is 7.02. The average molecular weight is 380 g/mol. The van der Waals surface area contributed by atoms with E-state index < -0.39 is 0 Å². The van der Waals surface area contributed by atoms with Crippen LogP contribution in [0.25, 0.3) is 0 Å². The number of aromatic nitrogens is 2. The summed E-state index contributed by atoms with van der Waals surface area (Å²) in [6.07, 6.45) is 5.44. The normalized spacial score (nSPS) is 12.7. The molecule has 0 spiro atoms. The van der Waals surface area contributed by atoms with Crippen molar-refractivity contribution in [1.82, 2.24) is 20.4 Å². The largest absolute Gasteiger partial charge is 0.469 e. The molecule has 7 heteroatoms. The lowest BCUT2D eigenvalue weighted by Crippen LogP contribution is -2.43. The fourth-order valence-electron chi connectivity index (χ4n) is 3.05. The molecular formula is C20H37N5O2. The molecule has 0 saturated heterocycles. The number of hydrogen-bond donors (Lipinski definition) is 2. The van der Waals surface area contributed by atoms with E-state index in [1.807, 2.05) is 11.7 Å². The Morgan fingerprint density at radius 2 is 1.96 bits per heavy atom. The van der Waals surface area contributed by atoms with Crippen molar-refractivity contribution in [2.45, 2.75) is 72.3 Å². The number of rotatable bonds is 11. The van der Waals surface area contributed by atoms with Gasteiger partial charge in [-0.1, -0.05) is 12.8 Å². The SMILES string of the molecule is CCNC(=NCCCCCCC(=O)OC)NC(C)Cc1c(C)nn(C)c1C. The second kappa shape index (κ2) is 12.4. The molecule has 0 amide bonds. The third-order valence-electron chi connectivity index (χ3n) is 4.68. The van der Waals surface area contributed by atoms with Gasteiger partial charge < -0.3 is 15.4 Å². The van der Waals surface area contributed by atoms with E-state index in [0.29, 0.717) is 6.42 Å². The maximum atomic E-state index is 11.1. The fourth-order valence-corrected chi connectivity index (χ4v) is 3.05. The van der Waals surface area contributed by atoms with Gasteiger partial charge in [0.15, 0.2) is 5.96 Å². The van der Waals surface area contributed by atoms with Gasteiger partial charge in [-0.2, -0.15) is 5.10 Å². The number of carbonyl (C=O) groups is 1. The molecule has 0 saturated carbocycles. The first-order valence-corrected chi connectivity index (χ1v) is 9.99. The number of nitrogens with zero attached hydrogens (tertiary/aromatic N) is 3. The van der Waals surface area contributed by atoms with Crippen LogP contribution in [0.15, 0.2) is 4.99 Å². The lowest BCUT2D eigenvalue weighted by molar-refractivity contribution is -0.140. The standard InChI is InChI=1S/C20H37N5O2/c1-7-21-20(22-13-11-9-8-10-12-19(26)27-6)23-15(2)14-18-16(3)24-25(5)17(18)4/h15H,7-14H2,1-6H3,(H2,21,22,23). The number of aliphatic imine (C=N–C) groups is 1. The zero-order valence-corrected chi connectivity index (χ0v) is 17.9. The summed E-state index contributed by atoms with van der Waals surface area (Å²) in [7, 11) is 3.42. The van der Waals surface area contributed by atoms with Crippen LogP contribution in [-0.4, -0.2) is 48.0 Å². The highest BCUT2D eigenvalue weighted by Crippen LogP contribution is 2.14. The van der Waals surface area contributed by atoms with Crippen molar-refractivity contribution in [3.63, 3.8) is 0 Å². The molecule has 0 aliphatic rings. The molecule has 0 aliphatic heterocycles. The number of methoxy groups -OCH3 is 1. The van der Waals surface area contributed by atoms with E-state index in [1.54, 1.807) is 0 Å². The predicted octanol–water partition coefficient (Wildman–Crippen LogP) is 2.65. The number of guanidine groups is 1. The second-order valence-corrected chi connectivity index (χ2v) is 7.02. The van der Waals surface area contributed by atoms with Gasteiger partial charge in [0, 0.05) is 38.3 Å². The molecule has 0 aromatic carbocycles. The molecular weight excluding hydrogens is 342 g/mol. The minimum atomic E-state index is -0.125. The molecule has 154 valence electrons. The van der Waals surface area contributed by atoms with Gasteiger partial charge in [-0.05, 0) is 52.5 Å².